The number of carbonyl (C=O) groups excluding carboxylic acids is 2. The van der Waals surface area contributed by atoms with E-state index in [1.807, 2.05) is 0 Å². The Morgan fingerprint density at radius 1 is 1.33 bits per heavy atom. The molecule has 0 bridgehead atoms. The lowest BCUT2D eigenvalue weighted by atomic mass is 9.96. The van der Waals surface area contributed by atoms with Gasteiger partial charge in [-0.25, -0.2) is 0 Å². The molecule has 1 aliphatic rings. The van der Waals surface area contributed by atoms with Crippen molar-refractivity contribution in [2.75, 3.05) is 17.4 Å². The number of alkyl halides is 4. The molecule has 0 radical (unpaired) electrons. The zero-order valence-corrected chi connectivity index (χ0v) is 14.2. The Morgan fingerprint density at radius 3 is 2.63 bits per heavy atom. The molecule has 2 aromatic rings. The molecule has 0 aromatic heterocycles. The van der Waals surface area contributed by atoms with E-state index in [1.54, 1.807) is 0 Å². The molecule has 27 heavy (non-hydrogen) atoms. The fraction of sp³-hybridized carbons (Fsp3) is 0.250. The van der Waals surface area contributed by atoms with Crippen LogP contribution < -0.4 is 10.2 Å². The average molecular weight is 402 g/mol. The SMILES string of the molecule is O=C(NCCl)c1cccc2c3c(cc([N+](=O)[O-])c12)N(C(=O)C(F)(F)F)CC3. The number of non-ortho nitro benzene ring substituents is 1. The fourth-order valence-corrected chi connectivity index (χ4v) is 3.33. The molecule has 3 rings (SSSR count). The second-order valence-corrected chi connectivity index (χ2v) is 5.99. The molecule has 0 saturated carbocycles. The van der Waals surface area contributed by atoms with E-state index in [2.05, 4.69) is 5.32 Å². The third kappa shape index (κ3) is 3.16. The molecule has 7 nitrogen and oxygen atoms in total. The van der Waals surface area contributed by atoms with Crippen molar-refractivity contribution in [1.29, 1.82) is 0 Å². The molecule has 142 valence electrons. The van der Waals surface area contributed by atoms with Gasteiger partial charge in [0.15, 0.2) is 0 Å². The van der Waals surface area contributed by atoms with E-state index in [0.717, 1.165) is 6.07 Å². The first-order valence-electron chi connectivity index (χ1n) is 7.62. The monoisotopic (exact) mass is 401 g/mol. The third-order valence-corrected chi connectivity index (χ3v) is 4.39. The van der Waals surface area contributed by atoms with Crippen LogP contribution >= 0.6 is 11.6 Å². The van der Waals surface area contributed by atoms with Crippen molar-refractivity contribution < 1.29 is 27.7 Å². The first-order chi connectivity index (χ1) is 12.7. The highest BCUT2D eigenvalue weighted by Gasteiger charge is 2.45. The first-order valence-corrected chi connectivity index (χ1v) is 8.16. The molecule has 2 aromatic carbocycles. The van der Waals surface area contributed by atoms with Gasteiger partial charge in [-0.1, -0.05) is 12.1 Å². The molecule has 0 aliphatic carbocycles. The molecule has 11 heteroatoms. The van der Waals surface area contributed by atoms with Crippen molar-refractivity contribution in [2.45, 2.75) is 12.6 Å². The minimum atomic E-state index is -5.10. The van der Waals surface area contributed by atoms with Gasteiger partial charge in [0.05, 0.1) is 27.6 Å². The number of anilines is 1. The standard InChI is InChI=1S/C16H11ClF3N3O4/c17-7-21-14(24)10-3-1-2-9-8-4-5-22(15(25)16(18,19)20)11(8)6-12(13(9)10)23(26)27/h1-3,6H,4-5,7H2,(H,21,24). The number of nitro groups is 1. The number of nitrogens with zero attached hydrogens (tertiary/aromatic N) is 2. The number of hydrogen-bond donors (Lipinski definition) is 1. The molecule has 0 saturated heterocycles. The maximum absolute atomic E-state index is 12.8. The summed E-state index contributed by atoms with van der Waals surface area (Å²) >= 11 is 5.47. The Bertz CT molecular complexity index is 978. The number of halogens is 4. The number of nitro benzene ring substituents is 1. The highest BCUT2D eigenvalue weighted by molar-refractivity contribution is 6.20. The summed E-state index contributed by atoms with van der Waals surface area (Å²) in [7, 11) is 0. The summed E-state index contributed by atoms with van der Waals surface area (Å²) in [5.41, 5.74) is -0.422. The van der Waals surface area contributed by atoms with E-state index in [4.69, 9.17) is 11.6 Å². The number of nitrogens with one attached hydrogen (secondary N) is 1. The summed E-state index contributed by atoms with van der Waals surface area (Å²) in [6, 6.07) is 4.98. The molecular formula is C16H11ClF3N3O4. The van der Waals surface area contributed by atoms with Crippen molar-refractivity contribution in [1.82, 2.24) is 5.32 Å². The second kappa shape index (κ2) is 6.69. The number of hydrogen-bond acceptors (Lipinski definition) is 4. The molecule has 0 fully saturated rings. The summed E-state index contributed by atoms with van der Waals surface area (Å²) in [5, 5.41) is 14.1. The van der Waals surface area contributed by atoms with Crippen LogP contribution in [0, 0.1) is 10.1 Å². The summed E-state index contributed by atoms with van der Waals surface area (Å²) in [6.07, 6.45) is -5.03. The summed E-state index contributed by atoms with van der Waals surface area (Å²) < 4.78 is 38.5. The number of rotatable bonds is 3. The molecule has 1 N–H and O–H groups in total. The van der Waals surface area contributed by atoms with Crippen molar-refractivity contribution in [3.05, 3.63) is 45.5 Å². The quantitative estimate of drug-likeness (QED) is 0.370. The summed E-state index contributed by atoms with van der Waals surface area (Å²) in [5.74, 6) is -2.74. The van der Waals surface area contributed by atoms with E-state index in [0.29, 0.717) is 10.5 Å². The van der Waals surface area contributed by atoms with Gasteiger partial charge in [-0.15, -0.1) is 11.6 Å². The van der Waals surface area contributed by atoms with Gasteiger partial charge in [-0.05, 0) is 23.4 Å². The van der Waals surface area contributed by atoms with Crippen LogP contribution in [-0.4, -0.2) is 35.5 Å². The third-order valence-electron chi connectivity index (χ3n) is 4.26. The van der Waals surface area contributed by atoms with E-state index in [-0.39, 0.29) is 41.0 Å². The molecule has 0 atom stereocenters. The number of benzene rings is 2. The molecule has 1 heterocycles. The lowest BCUT2D eigenvalue weighted by Crippen LogP contribution is -2.40. The number of carbonyl (C=O) groups is 2. The van der Waals surface area contributed by atoms with Crippen LogP contribution in [0.5, 0.6) is 0 Å². The minimum Gasteiger partial charge on any atom is -0.338 e. The van der Waals surface area contributed by atoms with Crippen LogP contribution in [0.1, 0.15) is 15.9 Å². The van der Waals surface area contributed by atoms with Crippen molar-refractivity contribution in [2.24, 2.45) is 0 Å². The van der Waals surface area contributed by atoms with Crippen LogP contribution in [-0.2, 0) is 11.2 Å². The Labute approximate surface area is 154 Å². The molecule has 1 aliphatic heterocycles. The van der Waals surface area contributed by atoms with Crippen LogP contribution in [0.3, 0.4) is 0 Å². The van der Waals surface area contributed by atoms with Gasteiger partial charge in [0.1, 0.15) is 0 Å². The Balaban J connectivity index is 2.29. The van der Waals surface area contributed by atoms with E-state index < -0.39 is 28.6 Å². The normalized spacial score (nSPS) is 13.6. The predicted molar refractivity (Wildman–Crippen MR) is 90.9 cm³/mol. The van der Waals surface area contributed by atoms with Gasteiger partial charge in [0, 0.05) is 12.6 Å². The topological polar surface area (TPSA) is 92.5 Å². The molecular weight excluding hydrogens is 391 g/mol. The van der Waals surface area contributed by atoms with Gasteiger partial charge < -0.3 is 10.2 Å². The predicted octanol–water partition coefficient (Wildman–Crippen LogP) is 3.13. The van der Waals surface area contributed by atoms with E-state index in [9.17, 15) is 32.9 Å². The van der Waals surface area contributed by atoms with E-state index in [1.165, 1.54) is 18.2 Å². The largest absolute Gasteiger partial charge is 0.471 e. The minimum absolute atomic E-state index is 0.00910. The maximum atomic E-state index is 12.8. The molecule has 0 spiro atoms. The van der Waals surface area contributed by atoms with Gasteiger partial charge >= 0.3 is 12.1 Å². The van der Waals surface area contributed by atoms with Crippen LogP contribution in [0.4, 0.5) is 24.5 Å². The van der Waals surface area contributed by atoms with E-state index >= 15 is 0 Å². The van der Waals surface area contributed by atoms with Crippen molar-refractivity contribution in [3.63, 3.8) is 0 Å². The maximum Gasteiger partial charge on any atom is 0.471 e. The van der Waals surface area contributed by atoms with Gasteiger partial charge in [0.2, 0.25) is 0 Å². The van der Waals surface area contributed by atoms with Crippen molar-refractivity contribution >= 4 is 45.6 Å². The highest BCUT2D eigenvalue weighted by Crippen LogP contribution is 2.42. The summed E-state index contributed by atoms with van der Waals surface area (Å²) in [6.45, 7) is -0.262. The van der Waals surface area contributed by atoms with Gasteiger partial charge in [0.25, 0.3) is 11.6 Å². The van der Waals surface area contributed by atoms with Crippen molar-refractivity contribution in [3.8, 4) is 0 Å². The molecule has 0 unspecified atom stereocenters. The molecule has 2 amide bonds. The van der Waals surface area contributed by atoms with Gasteiger partial charge in [-0.2, -0.15) is 13.2 Å². The lowest BCUT2D eigenvalue weighted by molar-refractivity contribution is -0.383. The Kier molecular flexibility index (Phi) is 4.68. The van der Waals surface area contributed by atoms with Crippen LogP contribution in [0.2, 0.25) is 0 Å². The van der Waals surface area contributed by atoms with Crippen LogP contribution in [0.25, 0.3) is 10.8 Å². The zero-order valence-electron chi connectivity index (χ0n) is 13.5. The zero-order chi connectivity index (χ0) is 19.9. The van der Waals surface area contributed by atoms with Gasteiger partial charge in [-0.3, -0.25) is 19.7 Å². The number of amides is 2. The fourth-order valence-electron chi connectivity index (χ4n) is 3.21. The van der Waals surface area contributed by atoms with Crippen LogP contribution in [0.15, 0.2) is 24.3 Å². The lowest BCUT2D eigenvalue weighted by Gasteiger charge is -2.19. The average Bonchev–Trinajstić information content (AvgIpc) is 3.02. The Morgan fingerprint density at radius 2 is 2.04 bits per heavy atom. The highest BCUT2D eigenvalue weighted by atomic mass is 35.5. The smallest absolute Gasteiger partial charge is 0.338 e. The number of fused-ring (bicyclic) bond motifs is 3. The first kappa shape index (κ1) is 18.9. The Hall–Kier alpha value is -2.88. The summed E-state index contributed by atoms with van der Waals surface area (Å²) in [4.78, 5) is 35.1. The second-order valence-electron chi connectivity index (χ2n) is 5.72.